The highest BCUT2D eigenvalue weighted by Gasteiger charge is 2.37. The first-order valence-electron chi connectivity index (χ1n) is 12.1. The zero-order chi connectivity index (χ0) is 26.2. The second-order valence-electron chi connectivity index (χ2n) is 9.47. The molecule has 0 bridgehead atoms. The quantitative estimate of drug-likeness (QED) is 0.341. The van der Waals surface area contributed by atoms with Crippen LogP contribution in [0, 0.1) is 16.0 Å². The minimum atomic E-state index is -0.919. The summed E-state index contributed by atoms with van der Waals surface area (Å²) in [6.45, 7) is 4.42. The van der Waals surface area contributed by atoms with Crippen LogP contribution < -0.4 is 16.4 Å². The molecule has 0 spiro atoms. The maximum Gasteiger partial charge on any atom is 0.269 e. The molecule has 192 valence electrons. The Labute approximate surface area is 210 Å². The van der Waals surface area contributed by atoms with Gasteiger partial charge in [-0.2, -0.15) is 0 Å². The van der Waals surface area contributed by atoms with Crippen molar-refractivity contribution in [2.45, 2.75) is 57.7 Å². The molecule has 10 nitrogen and oxygen atoms in total. The molecular formula is C26H33N5O5. The lowest BCUT2D eigenvalue weighted by Gasteiger charge is -2.28. The Bertz CT molecular complexity index is 1070. The fraction of sp³-hybridized carbons (Fsp3) is 0.423. The van der Waals surface area contributed by atoms with Gasteiger partial charge in [-0.05, 0) is 42.9 Å². The maximum absolute atomic E-state index is 13.3. The zero-order valence-electron chi connectivity index (χ0n) is 20.6. The zero-order valence-corrected chi connectivity index (χ0v) is 20.6. The lowest BCUT2D eigenvalue weighted by atomic mass is 10.0. The fourth-order valence-electron chi connectivity index (χ4n) is 4.35. The Kier molecular flexibility index (Phi) is 9.13. The summed E-state index contributed by atoms with van der Waals surface area (Å²) >= 11 is 0. The van der Waals surface area contributed by atoms with Crippen LogP contribution in [0.4, 0.5) is 11.4 Å². The summed E-state index contributed by atoms with van der Waals surface area (Å²) in [7, 11) is 0. The standard InChI is InChI=1S/C26H33N5O5/c1-17(2)15-21(27)26(34)30-14-6-9-23(30)25(33)29-22(16-18-7-4-3-5-8-18)24(32)28-19-10-12-20(13-11-19)31(35)36/h3-5,7-8,10-13,17,21-23H,6,9,14-16,27H2,1-2H3,(H,28,32)(H,29,33)/t21-,22-,23-/m0/s1. The number of amides is 3. The van der Waals surface area contributed by atoms with E-state index in [1.165, 1.54) is 29.2 Å². The molecule has 1 fully saturated rings. The fourth-order valence-corrected chi connectivity index (χ4v) is 4.35. The van der Waals surface area contributed by atoms with Gasteiger partial charge in [-0.1, -0.05) is 44.2 Å². The van der Waals surface area contributed by atoms with Crippen LogP contribution in [0.1, 0.15) is 38.7 Å². The number of non-ortho nitro benzene ring substituents is 1. The molecule has 3 atom stereocenters. The molecule has 3 rings (SSSR count). The highest BCUT2D eigenvalue weighted by Crippen LogP contribution is 2.21. The van der Waals surface area contributed by atoms with E-state index in [-0.39, 0.29) is 23.9 Å². The van der Waals surface area contributed by atoms with Gasteiger partial charge in [0.15, 0.2) is 0 Å². The minimum absolute atomic E-state index is 0.0937. The van der Waals surface area contributed by atoms with E-state index < -0.39 is 34.9 Å². The van der Waals surface area contributed by atoms with Gasteiger partial charge < -0.3 is 21.3 Å². The summed E-state index contributed by atoms with van der Waals surface area (Å²) in [5.74, 6) is -0.876. The largest absolute Gasteiger partial charge is 0.342 e. The van der Waals surface area contributed by atoms with Gasteiger partial charge in [-0.3, -0.25) is 24.5 Å². The number of likely N-dealkylation sites (tertiary alicyclic amines) is 1. The van der Waals surface area contributed by atoms with E-state index in [1.54, 1.807) is 0 Å². The number of nitrogens with zero attached hydrogens (tertiary/aromatic N) is 2. The molecule has 2 aromatic rings. The Morgan fingerprint density at radius 1 is 1.11 bits per heavy atom. The minimum Gasteiger partial charge on any atom is -0.342 e. The van der Waals surface area contributed by atoms with Crippen LogP contribution in [-0.4, -0.2) is 52.2 Å². The molecule has 36 heavy (non-hydrogen) atoms. The number of carbonyl (C=O) groups excluding carboxylic acids is 3. The molecule has 1 heterocycles. The number of anilines is 1. The van der Waals surface area contributed by atoms with E-state index in [0.717, 1.165) is 5.56 Å². The van der Waals surface area contributed by atoms with Gasteiger partial charge in [0, 0.05) is 30.8 Å². The van der Waals surface area contributed by atoms with Crippen molar-refractivity contribution in [2.75, 3.05) is 11.9 Å². The number of hydrogen-bond donors (Lipinski definition) is 3. The number of rotatable bonds is 10. The van der Waals surface area contributed by atoms with E-state index in [4.69, 9.17) is 5.73 Å². The third-order valence-electron chi connectivity index (χ3n) is 6.14. The van der Waals surface area contributed by atoms with Crippen molar-refractivity contribution in [3.05, 3.63) is 70.3 Å². The Balaban J connectivity index is 1.74. The summed E-state index contributed by atoms with van der Waals surface area (Å²) in [6.07, 6.45) is 1.93. The Hall–Kier alpha value is -3.79. The molecule has 0 unspecified atom stereocenters. The third-order valence-corrected chi connectivity index (χ3v) is 6.14. The molecule has 10 heteroatoms. The van der Waals surface area contributed by atoms with Crippen molar-refractivity contribution < 1.29 is 19.3 Å². The summed E-state index contributed by atoms with van der Waals surface area (Å²) < 4.78 is 0. The molecule has 0 aromatic heterocycles. The molecule has 2 aromatic carbocycles. The van der Waals surface area contributed by atoms with Crippen molar-refractivity contribution in [1.29, 1.82) is 0 Å². The average Bonchev–Trinajstić information content (AvgIpc) is 3.33. The van der Waals surface area contributed by atoms with Crippen molar-refractivity contribution in [2.24, 2.45) is 11.7 Å². The highest BCUT2D eigenvalue weighted by atomic mass is 16.6. The maximum atomic E-state index is 13.3. The lowest BCUT2D eigenvalue weighted by molar-refractivity contribution is -0.384. The molecule has 1 aliphatic heterocycles. The van der Waals surface area contributed by atoms with Crippen molar-refractivity contribution in [1.82, 2.24) is 10.2 Å². The molecule has 0 radical (unpaired) electrons. The van der Waals surface area contributed by atoms with Gasteiger partial charge >= 0.3 is 0 Å². The molecule has 0 aliphatic carbocycles. The molecule has 0 saturated carbocycles. The van der Waals surface area contributed by atoms with Crippen LogP contribution in [0.3, 0.4) is 0 Å². The van der Waals surface area contributed by atoms with Crippen LogP contribution in [0.15, 0.2) is 54.6 Å². The summed E-state index contributed by atoms with van der Waals surface area (Å²) in [4.78, 5) is 51.3. The van der Waals surface area contributed by atoms with Crippen LogP contribution in [0.25, 0.3) is 0 Å². The monoisotopic (exact) mass is 495 g/mol. The number of nitro benzene ring substituents is 1. The second kappa shape index (κ2) is 12.3. The number of nitrogens with two attached hydrogens (primary N) is 1. The first-order valence-corrected chi connectivity index (χ1v) is 12.1. The van der Waals surface area contributed by atoms with E-state index in [0.29, 0.717) is 31.5 Å². The number of nitrogens with one attached hydrogen (secondary N) is 2. The summed E-state index contributed by atoms with van der Waals surface area (Å²) in [5.41, 5.74) is 7.22. The van der Waals surface area contributed by atoms with E-state index in [2.05, 4.69) is 10.6 Å². The van der Waals surface area contributed by atoms with Gasteiger partial charge in [0.25, 0.3) is 5.69 Å². The predicted molar refractivity (Wildman–Crippen MR) is 136 cm³/mol. The van der Waals surface area contributed by atoms with Crippen molar-refractivity contribution in [3.8, 4) is 0 Å². The van der Waals surface area contributed by atoms with Gasteiger partial charge in [0.2, 0.25) is 17.7 Å². The van der Waals surface area contributed by atoms with E-state index in [1.807, 2.05) is 44.2 Å². The van der Waals surface area contributed by atoms with Crippen LogP contribution in [0.2, 0.25) is 0 Å². The van der Waals surface area contributed by atoms with Crippen molar-refractivity contribution >= 4 is 29.1 Å². The second-order valence-corrected chi connectivity index (χ2v) is 9.47. The van der Waals surface area contributed by atoms with E-state index in [9.17, 15) is 24.5 Å². The smallest absolute Gasteiger partial charge is 0.269 e. The predicted octanol–water partition coefficient (Wildman–Crippen LogP) is 2.63. The number of nitro groups is 1. The highest BCUT2D eigenvalue weighted by molar-refractivity contribution is 5.99. The lowest BCUT2D eigenvalue weighted by Crippen LogP contribution is -2.55. The SMILES string of the molecule is CC(C)C[C@H](N)C(=O)N1CCC[C@H]1C(=O)N[C@@H](Cc1ccccc1)C(=O)Nc1ccc([N+](=O)[O-])cc1. The molecule has 1 saturated heterocycles. The first-order chi connectivity index (χ1) is 17.2. The van der Waals surface area contributed by atoms with Crippen molar-refractivity contribution in [3.63, 3.8) is 0 Å². The number of carbonyl (C=O) groups is 3. The van der Waals surface area contributed by atoms with E-state index >= 15 is 0 Å². The topological polar surface area (TPSA) is 148 Å². The summed E-state index contributed by atoms with van der Waals surface area (Å²) in [5, 5.41) is 16.4. The Morgan fingerprint density at radius 2 is 1.78 bits per heavy atom. The van der Waals surface area contributed by atoms with Crippen LogP contribution >= 0.6 is 0 Å². The normalized spacial score (nSPS) is 16.9. The summed E-state index contributed by atoms with van der Waals surface area (Å²) in [6, 6.07) is 12.4. The van der Waals surface area contributed by atoms with Crippen LogP contribution in [0.5, 0.6) is 0 Å². The van der Waals surface area contributed by atoms with Gasteiger partial charge in [-0.25, -0.2) is 0 Å². The molecular weight excluding hydrogens is 462 g/mol. The first kappa shape index (κ1) is 26.8. The molecule has 3 amide bonds. The van der Waals surface area contributed by atoms with Gasteiger partial charge in [-0.15, -0.1) is 0 Å². The molecule has 4 N–H and O–H groups in total. The van der Waals surface area contributed by atoms with Gasteiger partial charge in [0.1, 0.15) is 12.1 Å². The Morgan fingerprint density at radius 3 is 2.39 bits per heavy atom. The van der Waals surface area contributed by atoms with Crippen LogP contribution in [-0.2, 0) is 20.8 Å². The molecule has 1 aliphatic rings. The average molecular weight is 496 g/mol. The number of hydrogen-bond acceptors (Lipinski definition) is 6. The van der Waals surface area contributed by atoms with Gasteiger partial charge in [0.05, 0.1) is 11.0 Å². The third kappa shape index (κ3) is 7.11. The number of benzene rings is 2.